The van der Waals surface area contributed by atoms with Crippen LogP contribution in [0.2, 0.25) is 0 Å². The van der Waals surface area contributed by atoms with Crippen molar-refractivity contribution in [3.05, 3.63) is 6.07 Å². The summed E-state index contributed by atoms with van der Waals surface area (Å²) in [7, 11) is 4.67. The number of ether oxygens (including phenoxy) is 3. The summed E-state index contributed by atoms with van der Waals surface area (Å²) < 4.78 is 15.2. The highest BCUT2D eigenvalue weighted by Crippen LogP contribution is 2.19. The Bertz CT molecular complexity index is 340. The fourth-order valence-electron chi connectivity index (χ4n) is 1.38. The van der Waals surface area contributed by atoms with Gasteiger partial charge < -0.3 is 24.2 Å². The molecule has 0 saturated carbocycles. The van der Waals surface area contributed by atoms with Crippen LogP contribution >= 0.6 is 0 Å². The fraction of sp³-hybridized carbons (Fsp3) is 0.636. The lowest BCUT2D eigenvalue weighted by Crippen LogP contribution is -2.31. The molecule has 0 aliphatic heterocycles. The van der Waals surface area contributed by atoms with Crippen molar-refractivity contribution in [3.63, 3.8) is 0 Å². The van der Waals surface area contributed by atoms with Crippen LogP contribution in [-0.4, -0.2) is 62.7 Å². The summed E-state index contributed by atoms with van der Waals surface area (Å²) in [6.45, 7) is 1.52. The zero-order valence-electron chi connectivity index (χ0n) is 10.9. The highest BCUT2D eigenvalue weighted by atomic mass is 16.5. The Morgan fingerprint density at radius 2 is 1.72 bits per heavy atom. The third kappa shape index (κ3) is 4.01. The number of hydrogen-bond acceptors (Lipinski definition) is 7. The molecular weight excluding hydrogens is 238 g/mol. The molecule has 0 bridgehead atoms. The zero-order valence-corrected chi connectivity index (χ0v) is 10.9. The van der Waals surface area contributed by atoms with Crippen LogP contribution < -0.4 is 14.4 Å². The first-order chi connectivity index (χ1) is 8.74. The van der Waals surface area contributed by atoms with Gasteiger partial charge in [-0.1, -0.05) is 0 Å². The number of aromatic nitrogens is 2. The lowest BCUT2D eigenvalue weighted by atomic mass is 10.5. The number of aliphatic hydroxyl groups is 1. The Labute approximate surface area is 106 Å². The zero-order chi connectivity index (χ0) is 13.4. The molecule has 1 aromatic heterocycles. The van der Waals surface area contributed by atoms with Crippen molar-refractivity contribution in [3.8, 4) is 11.8 Å². The first-order valence-electron chi connectivity index (χ1n) is 5.57. The number of hydrogen-bond donors (Lipinski definition) is 1. The molecule has 0 atom stereocenters. The third-order valence-corrected chi connectivity index (χ3v) is 2.30. The Morgan fingerprint density at radius 1 is 1.11 bits per heavy atom. The molecule has 1 heterocycles. The van der Waals surface area contributed by atoms with Crippen molar-refractivity contribution in [2.45, 2.75) is 0 Å². The Balaban J connectivity index is 2.93. The summed E-state index contributed by atoms with van der Waals surface area (Å²) in [5.74, 6) is 1.27. The molecule has 0 fully saturated rings. The summed E-state index contributed by atoms with van der Waals surface area (Å²) in [6, 6.07) is 1.59. The monoisotopic (exact) mass is 257 g/mol. The molecule has 18 heavy (non-hydrogen) atoms. The van der Waals surface area contributed by atoms with Crippen molar-refractivity contribution in [1.29, 1.82) is 0 Å². The minimum atomic E-state index is 0.00655. The summed E-state index contributed by atoms with van der Waals surface area (Å²) >= 11 is 0. The van der Waals surface area contributed by atoms with Gasteiger partial charge in [-0.3, -0.25) is 0 Å². The maximum Gasteiger partial charge on any atom is 0.232 e. The normalized spacial score (nSPS) is 10.2. The first kappa shape index (κ1) is 14.5. The fourth-order valence-corrected chi connectivity index (χ4v) is 1.38. The summed E-state index contributed by atoms with van der Waals surface area (Å²) in [5.41, 5.74) is 0. The van der Waals surface area contributed by atoms with Crippen molar-refractivity contribution in [2.24, 2.45) is 0 Å². The second-order valence-corrected chi connectivity index (χ2v) is 3.46. The second kappa shape index (κ2) is 7.67. The van der Waals surface area contributed by atoms with Crippen LogP contribution in [0, 0.1) is 0 Å². The minimum Gasteiger partial charge on any atom is -0.481 e. The number of rotatable bonds is 8. The Hall–Kier alpha value is -1.60. The van der Waals surface area contributed by atoms with Gasteiger partial charge in [0.2, 0.25) is 17.7 Å². The summed E-state index contributed by atoms with van der Waals surface area (Å²) in [5, 5.41) is 9.05. The van der Waals surface area contributed by atoms with E-state index < -0.39 is 0 Å². The molecular formula is C11H19N3O4. The van der Waals surface area contributed by atoms with Crippen molar-refractivity contribution in [2.75, 3.05) is 52.5 Å². The van der Waals surface area contributed by atoms with Gasteiger partial charge in [-0.25, -0.2) is 0 Å². The Morgan fingerprint density at radius 3 is 2.17 bits per heavy atom. The molecule has 0 radical (unpaired) electrons. The maximum atomic E-state index is 9.05. The van der Waals surface area contributed by atoms with Gasteiger partial charge in [0, 0.05) is 20.2 Å². The van der Waals surface area contributed by atoms with Crippen LogP contribution in [0.15, 0.2) is 6.07 Å². The van der Waals surface area contributed by atoms with Gasteiger partial charge in [0.15, 0.2) is 0 Å². The van der Waals surface area contributed by atoms with Gasteiger partial charge in [-0.15, -0.1) is 0 Å². The summed E-state index contributed by atoms with van der Waals surface area (Å²) in [6.07, 6.45) is 0. The van der Waals surface area contributed by atoms with E-state index in [0.29, 0.717) is 37.4 Å². The Kier molecular flexibility index (Phi) is 6.16. The van der Waals surface area contributed by atoms with Crippen LogP contribution in [0.4, 0.5) is 5.95 Å². The molecule has 7 nitrogen and oxygen atoms in total. The maximum absolute atomic E-state index is 9.05. The van der Waals surface area contributed by atoms with E-state index in [1.54, 1.807) is 18.1 Å². The standard InChI is InChI=1S/C11H19N3O4/c1-16-7-5-14(4-6-15)11-12-9(17-2)8-10(13-11)18-3/h8,15H,4-7H2,1-3H3. The van der Waals surface area contributed by atoms with E-state index in [4.69, 9.17) is 19.3 Å². The predicted molar refractivity (Wildman–Crippen MR) is 66.3 cm³/mol. The number of anilines is 1. The molecule has 102 valence electrons. The molecule has 1 aromatic rings. The molecule has 0 aliphatic carbocycles. The molecule has 1 rings (SSSR count). The lowest BCUT2D eigenvalue weighted by molar-refractivity contribution is 0.202. The first-order valence-corrected chi connectivity index (χ1v) is 5.57. The van der Waals surface area contributed by atoms with Gasteiger partial charge in [0.1, 0.15) is 0 Å². The van der Waals surface area contributed by atoms with E-state index in [2.05, 4.69) is 9.97 Å². The number of methoxy groups -OCH3 is 3. The predicted octanol–water partition coefficient (Wildman–Crippen LogP) is -0.0611. The second-order valence-electron chi connectivity index (χ2n) is 3.46. The number of nitrogens with zero attached hydrogens (tertiary/aromatic N) is 3. The van der Waals surface area contributed by atoms with E-state index in [-0.39, 0.29) is 6.61 Å². The van der Waals surface area contributed by atoms with E-state index in [1.807, 2.05) is 0 Å². The van der Waals surface area contributed by atoms with Crippen molar-refractivity contribution >= 4 is 5.95 Å². The van der Waals surface area contributed by atoms with Crippen LogP contribution in [-0.2, 0) is 4.74 Å². The minimum absolute atomic E-state index is 0.00655. The quantitative estimate of drug-likeness (QED) is 0.699. The topological polar surface area (TPSA) is 76.9 Å². The molecule has 0 unspecified atom stereocenters. The lowest BCUT2D eigenvalue weighted by Gasteiger charge is -2.21. The van der Waals surface area contributed by atoms with E-state index in [9.17, 15) is 0 Å². The highest BCUT2D eigenvalue weighted by Gasteiger charge is 2.12. The molecule has 0 spiro atoms. The van der Waals surface area contributed by atoms with Crippen molar-refractivity contribution < 1.29 is 19.3 Å². The van der Waals surface area contributed by atoms with E-state index in [1.165, 1.54) is 14.2 Å². The third-order valence-electron chi connectivity index (χ3n) is 2.30. The molecule has 0 saturated heterocycles. The SMILES string of the molecule is COCCN(CCO)c1nc(OC)cc(OC)n1. The highest BCUT2D eigenvalue weighted by molar-refractivity contribution is 5.36. The van der Waals surface area contributed by atoms with Gasteiger partial charge >= 0.3 is 0 Å². The van der Waals surface area contributed by atoms with Crippen LogP contribution in [0.3, 0.4) is 0 Å². The largest absolute Gasteiger partial charge is 0.481 e. The van der Waals surface area contributed by atoms with Crippen LogP contribution in [0.25, 0.3) is 0 Å². The summed E-state index contributed by atoms with van der Waals surface area (Å²) in [4.78, 5) is 10.2. The van der Waals surface area contributed by atoms with Gasteiger partial charge in [-0.2, -0.15) is 9.97 Å². The molecule has 0 amide bonds. The van der Waals surface area contributed by atoms with Gasteiger partial charge in [0.05, 0.1) is 33.5 Å². The smallest absolute Gasteiger partial charge is 0.232 e. The van der Waals surface area contributed by atoms with Gasteiger partial charge in [0.25, 0.3) is 0 Å². The van der Waals surface area contributed by atoms with Gasteiger partial charge in [-0.05, 0) is 0 Å². The molecule has 0 aromatic carbocycles. The van der Waals surface area contributed by atoms with E-state index >= 15 is 0 Å². The molecule has 1 N–H and O–H groups in total. The average molecular weight is 257 g/mol. The van der Waals surface area contributed by atoms with Crippen LogP contribution in [0.5, 0.6) is 11.8 Å². The average Bonchev–Trinajstić information content (AvgIpc) is 2.42. The number of aliphatic hydroxyl groups excluding tert-OH is 1. The van der Waals surface area contributed by atoms with Crippen molar-refractivity contribution in [1.82, 2.24) is 9.97 Å². The van der Waals surface area contributed by atoms with Crippen LogP contribution in [0.1, 0.15) is 0 Å². The molecule has 0 aliphatic rings. The van der Waals surface area contributed by atoms with E-state index in [0.717, 1.165) is 0 Å². The molecule has 7 heteroatoms.